The molecule has 28 heavy (non-hydrogen) atoms. The molecule has 0 saturated heterocycles. The van der Waals surface area contributed by atoms with E-state index in [2.05, 4.69) is 22.8 Å². The first-order chi connectivity index (χ1) is 13.7. The van der Waals surface area contributed by atoms with Gasteiger partial charge in [0.15, 0.2) is 0 Å². The highest BCUT2D eigenvalue weighted by Gasteiger charge is 2.07. The third kappa shape index (κ3) is 3.79. The Kier molecular flexibility index (Phi) is 5.42. The molecule has 4 rings (SSSR count). The van der Waals surface area contributed by atoms with Gasteiger partial charge in [0.25, 0.3) is 0 Å². The topological polar surface area (TPSA) is 64.5 Å². The Morgan fingerprint density at radius 3 is 1.43 bits per heavy atom. The summed E-state index contributed by atoms with van der Waals surface area (Å²) in [5.74, 6) is 0.639. The standard InChI is InChI=1S/C24H24N2O2/c27-23-11-9-17-5-1-3-7-19(17)21(23)15-25-13-14-26-16-22-20-8-4-2-6-18(20)10-12-24(22)28/h1-12,25-28H,13-16H2. The van der Waals surface area contributed by atoms with Crippen molar-refractivity contribution in [2.24, 2.45) is 0 Å². The lowest BCUT2D eigenvalue weighted by molar-refractivity contribution is 0.462. The van der Waals surface area contributed by atoms with Gasteiger partial charge in [0, 0.05) is 37.3 Å². The Hall–Kier alpha value is -3.08. The van der Waals surface area contributed by atoms with Crippen molar-refractivity contribution in [2.45, 2.75) is 13.1 Å². The Labute approximate surface area is 164 Å². The monoisotopic (exact) mass is 372 g/mol. The zero-order valence-electron chi connectivity index (χ0n) is 15.7. The SMILES string of the molecule is Oc1ccc2ccccc2c1CNCCNCc1c(O)ccc2ccccc12. The molecule has 4 nitrogen and oxygen atoms in total. The Balaban J connectivity index is 1.33. The van der Waals surface area contributed by atoms with Gasteiger partial charge in [0.2, 0.25) is 0 Å². The lowest BCUT2D eigenvalue weighted by Crippen LogP contribution is -2.27. The molecule has 0 aliphatic heterocycles. The molecule has 0 aromatic heterocycles. The first kappa shape index (κ1) is 18.3. The summed E-state index contributed by atoms with van der Waals surface area (Å²) in [6, 6.07) is 23.5. The van der Waals surface area contributed by atoms with Crippen LogP contribution in [0.1, 0.15) is 11.1 Å². The predicted octanol–water partition coefficient (Wildman–Crippen LogP) is 4.28. The molecule has 0 saturated carbocycles. The van der Waals surface area contributed by atoms with Gasteiger partial charge in [-0.1, -0.05) is 60.7 Å². The average Bonchev–Trinajstić information content (AvgIpc) is 2.73. The molecule has 142 valence electrons. The Morgan fingerprint density at radius 1 is 0.536 bits per heavy atom. The molecule has 0 aliphatic carbocycles. The van der Waals surface area contributed by atoms with Crippen LogP contribution in [-0.4, -0.2) is 23.3 Å². The first-order valence-corrected chi connectivity index (χ1v) is 9.54. The van der Waals surface area contributed by atoms with E-state index in [-0.39, 0.29) is 0 Å². The number of hydrogen-bond donors (Lipinski definition) is 4. The highest BCUT2D eigenvalue weighted by atomic mass is 16.3. The summed E-state index contributed by atoms with van der Waals surface area (Å²) in [7, 11) is 0. The molecule has 0 unspecified atom stereocenters. The number of benzene rings is 4. The molecule has 0 atom stereocenters. The Morgan fingerprint density at radius 2 is 0.964 bits per heavy atom. The summed E-state index contributed by atoms with van der Waals surface area (Å²) in [5, 5.41) is 31.6. The maximum atomic E-state index is 10.2. The second kappa shape index (κ2) is 8.30. The van der Waals surface area contributed by atoms with E-state index >= 15 is 0 Å². The van der Waals surface area contributed by atoms with Gasteiger partial charge in [-0.25, -0.2) is 0 Å². The van der Waals surface area contributed by atoms with Gasteiger partial charge in [-0.05, 0) is 33.7 Å². The van der Waals surface area contributed by atoms with Crippen molar-refractivity contribution >= 4 is 21.5 Å². The van der Waals surface area contributed by atoms with Crippen molar-refractivity contribution in [3.63, 3.8) is 0 Å². The van der Waals surface area contributed by atoms with Crippen molar-refractivity contribution in [1.29, 1.82) is 0 Å². The van der Waals surface area contributed by atoms with E-state index in [0.29, 0.717) is 24.6 Å². The minimum atomic E-state index is 0.319. The summed E-state index contributed by atoms with van der Waals surface area (Å²) in [6.45, 7) is 2.73. The van der Waals surface area contributed by atoms with Gasteiger partial charge in [0.05, 0.1) is 0 Å². The zero-order valence-corrected chi connectivity index (χ0v) is 15.7. The van der Waals surface area contributed by atoms with E-state index in [0.717, 1.165) is 45.8 Å². The normalized spacial score (nSPS) is 11.3. The first-order valence-electron chi connectivity index (χ1n) is 9.54. The van der Waals surface area contributed by atoms with Crippen LogP contribution in [0.5, 0.6) is 11.5 Å². The van der Waals surface area contributed by atoms with Gasteiger partial charge in [0.1, 0.15) is 11.5 Å². The van der Waals surface area contributed by atoms with Gasteiger partial charge in [-0.2, -0.15) is 0 Å². The molecule has 4 heteroatoms. The van der Waals surface area contributed by atoms with Crippen molar-refractivity contribution in [3.05, 3.63) is 83.9 Å². The smallest absolute Gasteiger partial charge is 0.120 e. The molecular formula is C24H24N2O2. The maximum Gasteiger partial charge on any atom is 0.120 e. The number of aromatic hydroxyl groups is 2. The molecule has 4 N–H and O–H groups in total. The van der Waals surface area contributed by atoms with Crippen molar-refractivity contribution in [2.75, 3.05) is 13.1 Å². The molecule has 0 aliphatic rings. The number of fused-ring (bicyclic) bond motifs is 2. The highest BCUT2D eigenvalue weighted by molar-refractivity contribution is 5.88. The van der Waals surface area contributed by atoms with E-state index in [4.69, 9.17) is 0 Å². The fourth-order valence-corrected chi connectivity index (χ4v) is 3.62. The van der Waals surface area contributed by atoms with Crippen LogP contribution < -0.4 is 10.6 Å². The number of phenolic OH excluding ortho intramolecular Hbond substituents is 2. The zero-order chi connectivity index (χ0) is 19.3. The fourth-order valence-electron chi connectivity index (χ4n) is 3.62. The summed E-state index contributed by atoms with van der Waals surface area (Å²) >= 11 is 0. The lowest BCUT2D eigenvalue weighted by Gasteiger charge is -2.12. The van der Waals surface area contributed by atoms with E-state index < -0.39 is 0 Å². The van der Waals surface area contributed by atoms with Crippen molar-refractivity contribution in [3.8, 4) is 11.5 Å². The molecule has 0 spiro atoms. The van der Waals surface area contributed by atoms with Gasteiger partial charge in [-0.3, -0.25) is 0 Å². The number of hydrogen-bond acceptors (Lipinski definition) is 4. The quantitative estimate of drug-likeness (QED) is 0.366. The largest absolute Gasteiger partial charge is 0.508 e. The van der Waals surface area contributed by atoms with Crippen LogP contribution in [0, 0.1) is 0 Å². The third-order valence-electron chi connectivity index (χ3n) is 5.11. The van der Waals surface area contributed by atoms with Crippen molar-refractivity contribution < 1.29 is 10.2 Å². The second-order valence-corrected chi connectivity index (χ2v) is 6.92. The number of nitrogens with one attached hydrogen (secondary N) is 2. The molecule has 0 bridgehead atoms. The minimum Gasteiger partial charge on any atom is -0.508 e. The molecular weight excluding hydrogens is 348 g/mol. The van der Waals surface area contributed by atoms with Crippen LogP contribution in [0.25, 0.3) is 21.5 Å². The third-order valence-corrected chi connectivity index (χ3v) is 5.11. The van der Waals surface area contributed by atoms with E-state index in [1.165, 1.54) is 0 Å². The Bertz CT molecular complexity index is 1020. The van der Waals surface area contributed by atoms with Crippen LogP contribution in [0.15, 0.2) is 72.8 Å². The van der Waals surface area contributed by atoms with Crippen LogP contribution in [0.2, 0.25) is 0 Å². The second-order valence-electron chi connectivity index (χ2n) is 6.92. The van der Waals surface area contributed by atoms with E-state index in [1.54, 1.807) is 12.1 Å². The lowest BCUT2D eigenvalue weighted by atomic mass is 10.0. The summed E-state index contributed by atoms with van der Waals surface area (Å²) in [6.07, 6.45) is 0. The molecule has 4 aromatic rings. The van der Waals surface area contributed by atoms with Gasteiger partial charge in [-0.15, -0.1) is 0 Å². The summed E-state index contributed by atoms with van der Waals surface area (Å²) < 4.78 is 0. The van der Waals surface area contributed by atoms with Crippen molar-refractivity contribution in [1.82, 2.24) is 10.6 Å². The van der Waals surface area contributed by atoms with E-state index in [9.17, 15) is 10.2 Å². The molecule has 4 aromatic carbocycles. The van der Waals surface area contributed by atoms with Crippen LogP contribution in [0.3, 0.4) is 0 Å². The summed E-state index contributed by atoms with van der Waals surface area (Å²) in [4.78, 5) is 0. The van der Waals surface area contributed by atoms with Crippen LogP contribution >= 0.6 is 0 Å². The van der Waals surface area contributed by atoms with Crippen LogP contribution in [-0.2, 0) is 13.1 Å². The maximum absolute atomic E-state index is 10.2. The average molecular weight is 372 g/mol. The molecule has 0 amide bonds. The minimum absolute atomic E-state index is 0.319. The summed E-state index contributed by atoms with van der Waals surface area (Å²) in [5.41, 5.74) is 1.84. The molecule has 0 fully saturated rings. The van der Waals surface area contributed by atoms with Crippen LogP contribution in [0.4, 0.5) is 0 Å². The fraction of sp³-hybridized carbons (Fsp3) is 0.167. The molecule has 0 radical (unpaired) electrons. The van der Waals surface area contributed by atoms with Gasteiger partial charge >= 0.3 is 0 Å². The van der Waals surface area contributed by atoms with Gasteiger partial charge < -0.3 is 20.8 Å². The number of phenols is 2. The van der Waals surface area contributed by atoms with E-state index in [1.807, 2.05) is 48.5 Å². The molecule has 0 heterocycles. The predicted molar refractivity (Wildman–Crippen MR) is 115 cm³/mol. The number of rotatable bonds is 7. The highest BCUT2D eigenvalue weighted by Crippen LogP contribution is 2.27.